The van der Waals surface area contributed by atoms with Gasteiger partial charge in [0.1, 0.15) is 17.3 Å². The Labute approximate surface area is 180 Å². The van der Waals surface area contributed by atoms with Gasteiger partial charge in [-0.3, -0.25) is 10.2 Å². The van der Waals surface area contributed by atoms with Crippen LogP contribution in [0.5, 0.6) is 11.5 Å². The van der Waals surface area contributed by atoms with E-state index in [2.05, 4.69) is 29.7 Å². The lowest BCUT2D eigenvalue weighted by Gasteiger charge is -2.29. The van der Waals surface area contributed by atoms with Gasteiger partial charge < -0.3 is 24.9 Å². The van der Waals surface area contributed by atoms with Crippen LogP contribution in [0.1, 0.15) is 47.7 Å². The topological polar surface area (TPSA) is 111 Å². The zero-order chi connectivity index (χ0) is 22.1. The molecule has 0 atom stereocenters. The third-order valence-electron chi connectivity index (χ3n) is 4.96. The van der Waals surface area contributed by atoms with Gasteiger partial charge in [-0.1, -0.05) is 13.8 Å². The summed E-state index contributed by atoms with van der Waals surface area (Å²) in [7, 11) is 3.09. The summed E-state index contributed by atoms with van der Waals surface area (Å²) in [5.74, 6) is 1.70. The molecule has 0 aliphatic heterocycles. The minimum absolute atomic E-state index is 0.0816. The number of rotatable bonds is 5. The van der Waals surface area contributed by atoms with Gasteiger partial charge in [-0.05, 0) is 43.1 Å². The molecule has 1 aromatic heterocycles. The zero-order valence-electron chi connectivity index (χ0n) is 17.7. The summed E-state index contributed by atoms with van der Waals surface area (Å²) in [5.41, 5.74) is 10.9. The number of fused-ring (bicyclic) bond motifs is 1. The number of ether oxygens (including phenoxy) is 2. The van der Waals surface area contributed by atoms with Crippen LogP contribution in [0, 0.1) is 12.3 Å². The third-order valence-corrected chi connectivity index (χ3v) is 5.05. The Morgan fingerprint density at radius 2 is 2.00 bits per heavy atom. The summed E-state index contributed by atoms with van der Waals surface area (Å²) in [6, 6.07) is 5.16. The highest BCUT2D eigenvalue weighted by atomic mass is 32.1. The van der Waals surface area contributed by atoms with E-state index in [0.717, 1.165) is 17.0 Å². The smallest absolute Gasteiger partial charge is 0.291 e. The summed E-state index contributed by atoms with van der Waals surface area (Å²) in [4.78, 5) is 13.0. The van der Waals surface area contributed by atoms with Crippen molar-refractivity contribution in [3.8, 4) is 11.5 Å². The van der Waals surface area contributed by atoms with Gasteiger partial charge in [0.05, 0.1) is 25.6 Å². The first-order chi connectivity index (χ1) is 14.1. The van der Waals surface area contributed by atoms with Gasteiger partial charge in [-0.2, -0.15) is 5.10 Å². The highest BCUT2D eigenvalue weighted by molar-refractivity contribution is 7.80. The van der Waals surface area contributed by atoms with Crippen molar-refractivity contribution in [3.63, 3.8) is 0 Å². The van der Waals surface area contributed by atoms with E-state index in [9.17, 15) is 4.79 Å². The van der Waals surface area contributed by atoms with E-state index in [1.165, 1.54) is 7.11 Å². The van der Waals surface area contributed by atoms with Crippen LogP contribution in [0.2, 0.25) is 0 Å². The Hall–Kier alpha value is -3.07. The highest BCUT2D eigenvalue weighted by Gasteiger charge is 2.36. The van der Waals surface area contributed by atoms with Gasteiger partial charge in [-0.15, -0.1) is 0 Å². The summed E-state index contributed by atoms with van der Waals surface area (Å²) in [6.07, 6.45) is 1.39. The van der Waals surface area contributed by atoms with Crippen molar-refractivity contribution in [1.82, 2.24) is 5.43 Å². The van der Waals surface area contributed by atoms with Gasteiger partial charge in [0.15, 0.2) is 10.9 Å². The molecule has 0 spiro atoms. The van der Waals surface area contributed by atoms with Crippen LogP contribution < -0.4 is 25.9 Å². The fourth-order valence-corrected chi connectivity index (χ4v) is 3.68. The average molecular weight is 431 g/mol. The number of nitrogens with zero attached hydrogens (tertiary/aromatic N) is 1. The molecule has 30 heavy (non-hydrogen) atoms. The van der Waals surface area contributed by atoms with Gasteiger partial charge in [0, 0.05) is 23.6 Å². The molecule has 9 heteroatoms. The lowest BCUT2D eigenvalue weighted by atomic mass is 9.75. The highest BCUT2D eigenvalue weighted by Crippen LogP contribution is 2.39. The maximum atomic E-state index is 13.0. The maximum Gasteiger partial charge on any atom is 0.291 e. The van der Waals surface area contributed by atoms with Crippen LogP contribution in [0.25, 0.3) is 0 Å². The second-order valence-electron chi connectivity index (χ2n) is 7.93. The van der Waals surface area contributed by atoms with Gasteiger partial charge in [0.2, 0.25) is 0 Å². The first-order valence-electron chi connectivity index (χ1n) is 9.43. The molecule has 1 aromatic carbocycles. The fraction of sp³-hybridized carbons (Fsp3) is 0.381. The van der Waals surface area contributed by atoms with Crippen molar-refractivity contribution < 1.29 is 18.7 Å². The molecule has 2 aromatic rings. The van der Waals surface area contributed by atoms with E-state index >= 15 is 0 Å². The van der Waals surface area contributed by atoms with Crippen molar-refractivity contribution >= 4 is 34.6 Å². The molecule has 0 saturated heterocycles. The summed E-state index contributed by atoms with van der Waals surface area (Å²) in [5, 5.41) is 7.30. The molecular weight excluding hydrogens is 404 g/mol. The average Bonchev–Trinajstić information content (AvgIpc) is 3.01. The van der Waals surface area contributed by atoms with Crippen LogP contribution in [-0.4, -0.2) is 31.0 Å². The van der Waals surface area contributed by atoms with E-state index in [1.54, 1.807) is 25.3 Å². The summed E-state index contributed by atoms with van der Waals surface area (Å²) in [6.45, 7) is 6.08. The number of hydrogen-bond acceptors (Lipinski definition) is 6. The number of nitrogens with one attached hydrogen (secondary N) is 2. The molecule has 3 rings (SSSR count). The van der Waals surface area contributed by atoms with Crippen LogP contribution >= 0.6 is 12.2 Å². The van der Waals surface area contributed by atoms with Crippen LogP contribution in [-0.2, 0) is 6.42 Å². The number of nitrogens with two attached hydrogens (primary N) is 1. The number of furan rings is 1. The largest absolute Gasteiger partial charge is 0.497 e. The minimum Gasteiger partial charge on any atom is -0.497 e. The third kappa shape index (κ3) is 4.40. The molecule has 1 aliphatic rings. The monoisotopic (exact) mass is 430 g/mol. The van der Waals surface area contributed by atoms with E-state index in [-0.39, 0.29) is 22.2 Å². The molecule has 0 radical (unpaired) electrons. The Bertz CT molecular complexity index is 1030. The molecule has 1 amide bonds. The van der Waals surface area contributed by atoms with Crippen molar-refractivity contribution in [2.75, 3.05) is 19.5 Å². The number of carbonyl (C=O) groups excluding carboxylic acids is 1. The van der Waals surface area contributed by atoms with E-state index in [4.69, 9.17) is 31.8 Å². The SMILES string of the molecule is COc1ccc(NC(=O)c2oc3c(c2C)/C(=N\NC(N)=S)CC(C)(C)C3)c(OC)c1. The molecule has 0 saturated carbocycles. The predicted octanol–water partition coefficient (Wildman–Crippen LogP) is 3.37. The van der Waals surface area contributed by atoms with Crippen molar-refractivity contribution in [2.24, 2.45) is 16.3 Å². The second kappa shape index (κ2) is 8.35. The lowest BCUT2D eigenvalue weighted by Crippen LogP contribution is -2.31. The molecule has 0 fully saturated rings. The number of hydrazone groups is 1. The molecule has 0 bridgehead atoms. The number of thiocarbonyl (C=S) groups is 1. The molecular formula is C21H26N4O4S. The lowest BCUT2D eigenvalue weighted by molar-refractivity contribution is 0.0992. The molecule has 160 valence electrons. The Balaban J connectivity index is 1.96. The second-order valence-corrected chi connectivity index (χ2v) is 8.37. The number of methoxy groups -OCH3 is 2. The maximum absolute atomic E-state index is 13.0. The van der Waals surface area contributed by atoms with Crippen molar-refractivity contribution in [2.45, 2.75) is 33.6 Å². The Morgan fingerprint density at radius 3 is 2.63 bits per heavy atom. The molecule has 8 nitrogen and oxygen atoms in total. The summed E-state index contributed by atoms with van der Waals surface area (Å²) >= 11 is 4.87. The zero-order valence-corrected chi connectivity index (χ0v) is 18.5. The van der Waals surface area contributed by atoms with E-state index in [0.29, 0.717) is 35.6 Å². The molecule has 4 N–H and O–H groups in total. The first kappa shape index (κ1) is 21.6. The molecule has 1 aliphatic carbocycles. The molecule has 0 unspecified atom stereocenters. The Morgan fingerprint density at radius 1 is 1.27 bits per heavy atom. The summed E-state index contributed by atoms with van der Waals surface area (Å²) < 4.78 is 16.6. The van der Waals surface area contributed by atoms with Gasteiger partial charge >= 0.3 is 0 Å². The van der Waals surface area contributed by atoms with Crippen molar-refractivity contribution in [1.29, 1.82) is 0 Å². The van der Waals surface area contributed by atoms with Crippen molar-refractivity contribution in [3.05, 3.63) is 40.8 Å². The number of carbonyl (C=O) groups is 1. The van der Waals surface area contributed by atoms with Crippen LogP contribution in [0.15, 0.2) is 27.7 Å². The number of amides is 1. The van der Waals surface area contributed by atoms with Gasteiger partial charge in [0.25, 0.3) is 5.91 Å². The quantitative estimate of drug-likeness (QED) is 0.493. The van der Waals surface area contributed by atoms with Crippen LogP contribution in [0.3, 0.4) is 0 Å². The molecule has 1 heterocycles. The number of hydrogen-bond donors (Lipinski definition) is 3. The fourth-order valence-electron chi connectivity index (χ4n) is 3.63. The minimum atomic E-state index is -0.371. The van der Waals surface area contributed by atoms with Gasteiger partial charge in [-0.25, -0.2) is 0 Å². The predicted molar refractivity (Wildman–Crippen MR) is 120 cm³/mol. The Kier molecular flexibility index (Phi) is 6.02. The standard InChI is InChI=1S/C21H26N4O4S/c1-11-17-14(24-25-20(22)30)9-21(2,3)10-16(17)29-18(11)19(26)23-13-7-6-12(27-4)8-15(13)28-5/h6-8H,9-10H2,1-5H3,(H,23,26)(H3,22,25,30)/b24-14-. The number of anilines is 1. The van der Waals surface area contributed by atoms with E-state index < -0.39 is 0 Å². The first-order valence-corrected chi connectivity index (χ1v) is 9.84. The van der Waals surface area contributed by atoms with E-state index in [1.807, 2.05) is 6.92 Å². The number of benzene rings is 1. The normalized spacial score (nSPS) is 16.0. The van der Waals surface area contributed by atoms with Crippen LogP contribution in [0.4, 0.5) is 5.69 Å².